The van der Waals surface area contributed by atoms with Gasteiger partial charge in [0.2, 0.25) is 0 Å². The first-order valence-electron chi connectivity index (χ1n) is 6.33. The fraction of sp³-hybridized carbons (Fsp3) is 0.923. The predicted molar refractivity (Wildman–Crippen MR) is 66.9 cm³/mol. The van der Waals surface area contributed by atoms with Gasteiger partial charge in [-0.2, -0.15) is 0 Å². The van der Waals surface area contributed by atoms with Crippen molar-refractivity contribution in [3.05, 3.63) is 0 Å². The van der Waals surface area contributed by atoms with Gasteiger partial charge >= 0.3 is 5.97 Å². The highest BCUT2D eigenvalue weighted by Gasteiger charge is 2.74. The van der Waals surface area contributed by atoms with Crippen molar-refractivity contribution < 1.29 is 14.3 Å². The number of esters is 1. The second kappa shape index (κ2) is 3.64. The Hall–Kier alpha value is -0.220. The number of epoxide rings is 1. The molecule has 0 amide bonds. The summed E-state index contributed by atoms with van der Waals surface area (Å²) in [7, 11) is 1.44. The Morgan fingerprint density at radius 3 is 2.88 bits per heavy atom. The highest BCUT2D eigenvalue weighted by molar-refractivity contribution is 8.00. The zero-order chi connectivity index (χ0) is 12.3. The standard InChI is InChI=1S/C13H20O3S/c1-12(2)8-4-9(12)13(10(5-8)16-13)7-17-6-11(14)15-3/h8-10H,4-7H2,1-3H3. The van der Waals surface area contributed by atoms with E-state index in [1.165, 1.54) is 20.0 Å². The number of carbonyl (C=O) groups excluding carboxylic acids is 1. The van der Waals surface area contributed by atoms with Crippen molar-refractivity contribution >= 4 is 17.7 Å². The minimum Gasteiger partial charge on any atom is -0.468 e. The van der Waals surface area contributed by atoms with E-state index in [1.807, 2.05) is 0 Å². The number of ether oxygens (including phenoxy) is 2. The molecule has 0 N–H and O–H groups in total. The van der Waals surface area contributed by atoms with Gasteiger partial charge in [-0.3, -0.25) is 4.79 Å². The predicted octanol–water partition coefficient (Wildman–Crippen LogP) is 2.10. The molecule has 3 saturated carbocycles. The van der Waals surface area contributed by atoms with Crippen LogP contribution >= 0.6 is 11.8 Å². The van der Waals surface area contributed by atoms with Crippen molar-refractivity contribution in [2.24, 2.45) is 17.3 Å². The molecule has 0 spiro atoms. The van der Waals surface area contributed by atoms with Gasteiger partial charge in [-0.15, -0.1) is 11.8 Å². The van der Waals surface area contributed by atoms with Gasteiger partial charge in [0.05, 0.1) is 19.0 Å². The van der Waals surface area contributed by atoms with Crippen LogP contribution in [0.2, 0.25) is 0 Å². The first-order valence-corrected chi connectivity index (χ1v) is 7.48. The molecule has 4 aliphatic rings. The van der Waals surface area contributed by atoms with E-state index >= 15 is 0 Å². The molecule has 0 aromatic rings. The van der Waals surface area contributed by atoms with Crippen LogP contribution in [-0.4, -0.2) is 36.3 Å². The van der Waals surface area contributed by atoms with Crippen LogP contribution in [0.4, 0.5) is 0 Å². The van der Waals surface area contributed by atoms with Crippen molar-refractivity contribution in [3.8, 4) is 0 Å². The first kappa shape index (κ1) is 11.8. The second-order valence-corrected chi connectivity index (χ2v) is 7.16. The molecule has 96 valence electrons. The summed E-state index contributed by atoms with van der Waals surface area (Å²) in [5, 5.41) is 0. The normalized spacial score (nSPS) is 44.5. The number of hydrogen-bond acceptors (Lipinski definition) is 4. The highest BCUT2D eigenvalue weighted by Crippen LogP contribution is 2.70. The molecule has 4 unspecified atom stereocenters. The van der Waals surface area contributed by atoms with Crippen molar-refractivity contribution in [1.29, 1.82) is 0 Å². The fourth-order valence-electron chi connectivity index (χ4n) is 3.87. The van der Waals surface area contributed by atoms with Gasteiger partial charge in [0.25, 0.3) is 0 Å². The lowest BCUT2D eigenvalue weighted by atomic mass is 9.46. The largest absolute Gasteiger partial charge is 0.468 e. The maximum atomic E-state index is 11.1. The minimum absolute atomic E-state index is 0.0942. The number of rotatable bonds is 4. The van der Waals surface area contributed by atoms with Crippen molar-refractivity contribution in [2.75, 3.05) is 18.6 Å². The molecule has 1 aliphatic heterocycles. The molecule has 0 aromatic carbocycles. The Morgan fingerprint density at radius 2 is 2.24 bits per heavy atom. The van der Waals surface area contributed by atoms with Gasteiger partial charge < -0.3 is 9.47 Å². The van der Waals surface area contributed by atoms with Gasteiger partial charge in [0, 0.05) is 5.75 Å². The molecule has 3 nitrogen and oxygen atoms in total. The number of carbonyl (C=O) groups is 1. The summed E-state index contributed by atoms with van der Waals surface area (Å²) in [6, 6.07) is 0. The summed E-state index contributed by atoms with van der Waals surface area (Å²) in [5.74, 6) is 2.83. The van der Waals surface area contributed by atoms with E-state index in [4.69, 9.17) is 4.74 Å². The van der Waals surface area contributed by atoms with Gasteiger partial charge in [-0.1, -0.05) is 13.8 Å². The van der Waals surface area contributed by atoms with E-state index in [0.717, 1.165) is 11.7 Å². The van der Waals surface area contributed by atoms with E-state index < -0.39 is 0 Å². The van der Waals surface area contributed by atoms with Gasteiger partial charge in [-0.25, -0.2) is 0 Å². The maximum Gasteiger partial charge on any atom is 0.315 e. The topological polar surface area (TPSA) is 38.8 Å². The van der Waals surface area contributed by atoms with Crippen molar-refractivity contribution in [3.63, 3.8) is 0 Å². The van der Waals surface area contributed by atoms with E-state index in [0.29, 0.717) is 23.2 Å². The molecule has 3 aliphatic carbocycles. The molecule has 4 fully saturated rings. The lowest BCUT2D eigenvalue weighted by Crippen LogP contribution is -2.58. The average Bonchev–Trinajstić information content (AvgIpc) is 3.02. The molecule has 4 atom stereocenters. The summed E-state index contributed by atoms with van der Waals surface area (Å²) in [4.78, 5) is 11.1. The summed E-state index contributed by atoms with van der Waals surface area (Å²) in [6.07, 6.45) is 3.02. The van der Waals surface area contributed by atoms with Crippen LogP contribution in [0, 0.1) is 17.3 Å². The number of hydrogen-bond donors (Lipinski definition) is 0. The lowest BCUT2D eigenvalue weighted by molar-refractivity contribution is -0.137. The minimum atomic E-state index is -0.134. The second-order valence-electron chi connectivity index (χ2n) is 6.17. The molecule has 0 radical (unpaired) electrons. The Bertz CT molecular complexity index is 355. The van der Waals surface area contributed by atoms with Crippen LogP contribution in [0.15, 0.2) is 0 Å². The number of thioether (sulfide) groups is 1. The summed E-state index contributed by atoms with van der Waals surface area (Å²) >= 11 is 1.66. The van der Waals surface area contributed by atoms with Crippen LogP contribution in [0.1, 0.15) is 26.7 Å². The SMILES string of the molecule is COC(=O)CSCC12OC1CC1CC2C1(C)C. The fourth-order valence-corrected chi connectivity index (χ4v) is 5.03. The third kappa shape index (κ3) is 1.56. The molecule has 1 saturated heterocycles. The van der Waals surface area contributed by atoms with Gasteiger partial charge in [-0.05, 0) is 30.1 Å². The summed E-state index contributed by atoms with van der Waals surface area (Å²) < 4.78 is 10.7. The van der Waals surface area contributed by atoms with Crippen LogP contribution < -0.4 is 0 Å². The Labute approximate surface area is 107 Å². The number of methoxy groups -OCH3 is 1. The summed E-state index contributed by atoms with van der Waals surface area (Å²) in [6.45, 7) is 4.74. The van der Waals surface area contributed by atoms with Crippen LogP contribution in [-0.2, 0) is 14.3 Å². The molecule has 4 rings (SSSR count). The van der Waals surface area contributed by atoms with Gasteiger partial charge in [0.1, 0.15) is 5.60 Å². The van der Waals surface area contributed by atoms with E-state index in [2.05, 4.69) is 18.6 Å². The maximum absolute atomic E-state index is 11.1. The third-order valence-electron chi connectivity index (χ3n) is 5.18. The van der Waals surface area contributed by atoms with Crippen LogP contribution in [0.25, 0.3) is 0 Å². The quantitative estimate of drug-likeness (QED) is 0.570. The van der Waals surface area contributed by atoms with Gasteiger partial charge in [0.15, 0.2) is 0 Å². The third-order valence-corrected chi connectivity index (χ3v) is 6.28. The Morgan fingerprint density at radius 1 is 1.47 bits per heavy atom. The average molecular weight is 256 g/mol. The monoisotopic (exact) mass is 256 g/mol. The molecule has 2 bridgehead atoms. The molecular weight excluding hydrogens is 236 g/mol. The highest BCUT2D eigenvalue weighted by atomic mass is 32.2. The summed E-state index contributed by atoms with van der Waals surface area (Å²) in [5.41, 5.74) is 0.537. The molecule has 0 aromatic heterocycles. The van der Waals surface area contributed by atoms with Crippen molar-refractivity contribution in [2.45, 2.75) is 38.4 Å². The molecule has 1 heterocycles. The lowest BCUT2D eigenvalue weighted by Gasteiger charge is -2.58. The van der Waals surface area contributed by atoms with E-state index in [1.54, 1.807) is 11.8 Å². The molecule has 4 heteroatoms. The van der Waals surface area contributed by atoms with Crippen molar-refractivity contribution in [1.82, 2.24) is 0 Å². The van der Waals surface area contributed by atoms with Crippen LogP contribution in [0.5, 0.6) is 0 Å². The Balaban J connectivity index is 1.59. The zero-order valence-corrected chi connectivity index (χ0v) is 11.5. The molecule has 17 heavy (non-hydrogen) atoms. The van der Waals surface area contributed by atoms with E-state index in [-0.39, 0.29) is 11.6 Å². The smallest absolute Gasteiger partial charge is 0.315 e. The molecular formula is C13H20O3S. The zero-order valence-electron chi connectivity index (χ0n) is 10.7. The van der Waals surface area contributed by atoms with E-state index in [9.17, 15) is 4.79 Å². The van der Waals surface area contributed by atoms with Crippen LogP contribution in [0.3, 0.4) is 0 Å². The first-order chi connectivity index (χ1) is 8.00. The Kier molecular flexibility index (Phi) is 2.54.